The van der Waals surface area contributed by atoms with Crippen molar-refractivity contribution in [3.63, 3.8) is 0 Å². The fourth-order valence-electron chi connectivity index (χ4n) is 2.12. The Balaban J connectivity index is -0.000000473. The second-order valence-corrected chi connectivity index (χ2v) is 23.4. The van der Waals surface area contributed by atoms with Crippen LogP contribution < -0.4 is 8.70 Å². The molecule has 3 unspecified atom stereocenters. The van der Waals surface area contributed by atoms with Crippen LogP contribution in [0.15, 0.2) is 60.7 Å². The van der Waals surface area contributed by atoms with Crippen LogP contribution in [0.5, 0.6) is 0 Å². The van der Waals surface area contributed by atoms with Crippen molar-refractivity contribution in [2.75, 3.05) is 23.0 Å². The van der Waals surface area contributed by atoms with Crippen molar-refractivity contribution in [1.29, 1.82) is 0 Å². The molecule has 1 aliphatic heterocycles. The fraction of sp³-hybridized carbons (Fsp3) is 0.400. The Kier molecular flexibility index (Phi) is 24.4. The summed E-state index contributed by atoms with van der Waals surface area (Å²) >= 11 is 5.54. The average molecular weight is 744 g/mol. The Bertz CT molecular complexity index is 1040. The summed E-state index contributed by atoms with van der Waals surface area (Å²) in [5.74, 6) is 0.576. The van der Waals surface area contributed by atoms with Gasteiger partial charge in [-0.05, 0) is 0 Å². The van der Waals surface area contributed by atoms with Gasteiger partial charge in [0.1, 0.15) is 0 Å². The standard InChI is InChI=1S/C9H11AsO3S3.C6H5AsO.C3H8O3S3.2CH4.H2O/c11-16(12,13)7-9-6-14-10(15-9)8-4-2-1-3-5-8;8-7-6-4-2-1-3-5-6;4-9(5,6)2-3(8)1-7;;;/h1-5,9H,6-7H2,(H,11,12,13);1-5H;3,7-8H,1-2H2,(H,4,5,6);2*1H4;1H2/p-1. The van der Waals surface area contributed by atoms with Crippen LogP contribution in [0.4, 0.5) is 0 Å². The zero-order chi connectivity index (χ0) is 24.9. The number of hydrogen-bond donors (Lipinski definition) is 3. The molecule has 3 N–H and O–H groups in total. The van der Waals surface area contributed by atoms with Crippen LogP contribution in [0.3, 0.4) is 0 Å². The molecule has 3 atom stereocenters. The minimum atomic E-state index is -4.07. The monoisotopic (exact) mass is 743 g/mol. The summed E-state index contributed by atoms with van der Waals surface area (Å²) in [6.45, 7) is 0. The van der Waals surface area contributed by atoms with E-state index in [0.717, 1.165) is 10.1 Å². The first-order chi connectivity index (χ1) is 15.4. The molecule has 0 spiro atoms. The molecule has 16 heteroatoms. The molecule has 2 aromatic carbocycles. The summed E-state index contributed by atoms with van der Waals surface area (Å²) in [6.07, 6.45) is 0. The topological polar surface area (TPSA) is 160 Å². The van der Waals surface area contributed by atoms with E-state index in [1.54, 1.807) is 10.0 Å². The van der Waals surface area contributed by atoms with Gasteiger partial charge in [-0.15, -0.1) is 0 Å². The molecule has 0 aromatic heterocycles. The molecule has 2 aromatic rings. The van der Waals surface area contributed by atoms with Crippen LogP contribution in [0, 0.1) is 0 Å². The Hall–Kier alpha value is 0.537. The molecule has 8 nitrogen and oxygen atoms in total. The fourth-order valence-corrected chi connectivity index (χ4v) is 21.8. The molecule has 0 bridgehead atoms. The maximum atomic E-state index is 10.7. The third kappa shape index (κ3) is 20.5. The number of thiol groups is 2. The molecular formula is C20H33As2O8S6-. The second-order valence-electron chi connectivity index (χ2n) is 6.35. The summed E-state index contributed by atoms with van der Waals surface area (Å²) in [4.78, 5) is 0. The average Bonchev–Trinajstić information content (AvgIpc) is 3.21. The van der Waals surface area contributed by atoms with Crippen molar-refractivity contribution in [3.05, 3.63) is 60.7 Å². The molecule has 0 aliphatic carbocycles. The van der Waals surface area contributed by atoms with Crippen molar-refractivity contribution >= 4 is 102 Å². The Morgan fingerprint density at radius 3 is 1.92 bits per heavy atom. The zero-order valence-corrected chi connectivity index (χ0v) is 26.4. The molecule has 0 amide bonds. The summed E-state index contributed by atoms with van der Waals surface area (Å²) in [5.41, 5.74) is 0. The maximum absolute atomic E-state index is 10.7. The van der Waals surface area contributed by atoms with Crippen LogP contribution in [0.25, 0.3) is 0 Å². The molecule has 1 saturated heterocycles. The predicted octanol–water partition coefficient (Wildman–Crippen LogP) is 1.69. The van der Waals surface area contributed by atoms with Crippen molar-refractivity contribution in [2.45, 2.75) is 25.4 Å². The van der Waals surface area contributed by atoms with Crippen molar-refractivity contribution in [3.8, 4) is 0 Å². The van der Waals surface area contributed by atoms with Gasteiger partial charge in [0.25, 0.3) is 10.1 Å². The van der Waals surface area contributed by atoms with Gasteiger partial charge in [0.2, 0.25) is 0 Å². The number of hydrogen-bond acceptors (Lipinski definition) is 10. The first-order valence-electron chi connectivity index (χ1n) is 9.14. The van der Waals surface area contributed by atoms with Crippen LogP contribution in [0.2, 0.25) is 0 Å². The number of benzene rings is 2. The van der Waals surface area contributed by atoms with Gasteiger partial charge in [-0.1, -0.05) is 14.9 Å². The van der Waals surface area contributed by atoms with Crippen LogP contribution in [-0.2, 0) is 24.0 Å². The van der Waals surface area contributed by atoms with Gasteiger partial charge in [0, 0.05) is 11.0 Å². The van der Waals surface area contributed by atoms with Gasteiger partial charge in [0.15, 0.2) is 0 Å². The summed E-state index contributed by atoms with van der Waals surface area (Å²) < 4.78 is 72.9. The van der Waals surface area contributed by atoms with E-state index in [-0.39, 0.29) is 42.3 Å². The molecule has 0 radical (unpaired) electrons. The Morgan fingerprint density at radius 1 is 1.06 bits per heavy atom. The van der Waals surface area contributed by atoms with E-state index >= 15 is 0 Å². The second kappa shape index (κ2) is 21.4. The first-order valence-corrected chi connectivity index (χ1v) is 22.5. The van der Waals surface area contributed by atoms with E-state index in [9.17, 15) is 25.1 Å². The van der Waals surface area contributed by atoms with E-state index in [2.05, 4.69) is 37.4 Å². The van der Waals surface area contributed by atoms with E-state index < -0.39 is 48.3 Å². The minimum absolute atomic E-state index is 0. The van der Waals surface area contributed by atoms with E-state index in [1.165, 1.54) is 4.35 Å². The SMILES string of the molecule is C.C.O.O=S(=O)(O)CC(S)CS.O=S(=O)([O-])CC1CS[As](c2ccccc2)S1.O=[As]c1ccccc1. The summed E-state index contributed by atoms with van der Waals surface area (Å²) in [5, 5.41) is -0.393. The normalized spacial score (nSPS) is 17.4. The predicted molar refractivity (Wildman–Crippen MR) is 163 cm³/mol. The molecular weight excluding hydrogens is 710 g/mol. The first kappa shape index (κ1) is 41.0. The van der Waals surface area contributed by atoms with Gasteiger partial charge in [-0.2, -0.15) is 33.7 Å². The van der Waals surface area contributed by atoms with Gasteiger partial charge in [-0.3, -0.25) is 4.55 Å². The van der Waals surface area contributed by atoms with Crippen molar-refractivity contribution < 1.29 is 35.2 Å². The van der Waals surface area contributed by atoms with Crippen LogP contribution in [-0.4, -0.2) is 93.0 Å². The van der Waals surface area contributed by atoms with Crippen LogP contribution in [0.1, 0.15) is 14.9 Å². The quantitative estimate of drug-likeness (QED) is 0.218. The van der Waals surface area contributed by atoms with Gasteiger partial charge in [-0.25, -0.2) is 0 Å². The Morgan fingerprint density at radius 2 is 1.56 bits per heavy atom. The van der Waals surface area contributed by atoms with Gasteiger partial charge in [0.05, 0.1) is 5.75 Å². The zero-order valence-electron chi connectivity index (χ0n) is 17.6. The van der Waals surface area contributed by atoms with Crippen LogP contribution >= 0.6 is 45.3 Å². The molecule has 1 fully saturated rings. The summed E-state index contributed by atoms with van der Waals surface area (Å²) in [6, 6.07) is 19.6. The number of rotatable bonds is 7. The molecule has 3 rings (SSSR count). The Labute approximate surface area is 244 Å². The molecule has 208 valence electrons. The van der Waals surface area contributed by atoms with Crippen molar-refractivity contribution in [1.82, 2.24) is 0 Å². The van der Waals surface area contributed by atoms with E-state index in [0.29, 0.717) is 5.75 Å². The van der Waals surface area contributed by atoms with Crippen molar-refractivity contribution in [2.24, 2.45) is 0 Å². The molecule has 1 heterocycles. The third-order valence-electron chi connectivity index (χ3n) is 3.45. The molecule has 1 aliphatic rings. The van der Waals surface area contributed by atoms with Gasteiger partial charge < -0.3 is 5.48 Å². The summed E-state index contributed by atoms with van der Waals surface area (Å²) in [7, 11) is -4.36. The van der Waals surface area contributed by atoms with E-state index in [1.807, 2.05) is 58.6 Å². The molecule has 0 saturated carbocycles. The van der Waals surface area contributed by atoms with E-state index in [4.69, 9.17) is 4.55 Å². The third-order valence-corrected chi connectivity index (χ3v) is 21.7. The van der Waals surface area contributed by atoms with Gasteiger partial charge >= 0.3 is 161 Å². The molecule has 36 heavy (non-hydrogen) atoms.